The molecule has 2 aromatic heterocycles. The van der Waals surface area contributed by atoms with Gasteiger partial charge < -0.3 is 25.5 Å². The SMILES string of the molecule is O=C(O)N1CCCC(O)(CNc2nc(Cn3nc(-c4ccc(Cl)cc4)n(CC(O)C(F)(F)F)c3=O)nn2-c2ccccc2Cl)CC1. The van der Waals surface area contributed by atoms with Crippen LogP contribution in [0.1, 0.15) is 25.1 Å². The third-order valence-electron chi connectivity index (χ3n) is 7.54. The highest BCUT2D eigenvalue weighted by atomic mass is 35.5. The topological polar surface area (TPSA) is 164 Å². The summed E-state index contributed by atoms with van der Waals surface area (Å²) in [6.45, 7) is -1.07. The molecule has 18 heteroatoms. The van der Waals surface area contributed by atoms with E-state index >= 15 is 0 Å². The van der Waals surface area contributed by atoms with Gasteiger partial charge in [0.05, 0.1) is 22.9 Å². The fraction of sp³-hybridized carbons (Fsp3) is 0.393. The average Bonchev–Trinajstić information content (AvgIpc) is 3.46. The summed E-state index contributed by atoms with van der Waals surface area (Å²) in [5.41, 5.74) is -1.54. The molecule has 1 fully saturated rings. The van der Waals surface area contributed by atoms with Crippen LogP contribution in [0.25, 0.3) is 17.1 Å². The molecule has 1 aliphatic rings. The Balaban J connectivity index is 1.48. The average molecular weight is 685 g/mol. The van der Waals surface area contributed by atoms with E-state index in [-0.39, 0.29) is 55.8 Å². The number of halogens is 5. The number of benzene rings is 2. The van der Waals surface area contributed by atoms with Crippen LogP contribution in [-0.2, 0) is 13.1 Å². The molecule has 0 bridgehead atoms. The van der Waals surface area contributed by atoms with Gasteiger partial charge in [-0.25, -0.2) is 14.3 Å². The van der Waals surface area contributed by atoms with Crippen molar-refractivity contribution in [3.63, 3.8) is 0 Å². The number of alkyl halides is 3. The number of rotatable bonds is 9. The summed E-state index contributed by atoms with van der Waals surface area (Å²) in [5.74, 6) is 0.0201. The van der Waals surface area contributed by atoms with Gasteiger partial charge in [-0.15, -0.1) is 10.2 Å². The molecule has 3 heterocycles. The molecule has 246 valence electrons. The van der Waals surface area contributed by atoms with E-state index in [1.165, 1.54) is 33.8 Å². The summed E-state index contributed by atoms with van der Waals surface area (Å²) >= 11 is 12.4. The van der Waals surface area contributed by atoms with Crippen molar-refractivity contribution in [2.24, 2.45) is 0 Å². The lowest BCUT2D eigenvalue weighted by Crippen LogP contribution is -2.39. The number of aliphatic hydroxyl groups excluding tert-OH is 1. The smallest absolute Gasteiger partial charge is 0.416 e. The Morgan fingerprint density at radius 1 is 1.07 bits per heavy atom. The first-order valence-electron chi connectivity index (χ1n) is 14.1. The number of para-hydroxylation sites is 1. The molecule has 2 unspecified atom stereocenters. The van der Waals surface area contributed by atoms with Crippen molar-refractivity contribution < 1.29 is 33.3 Å². The molecule has 5 rings (SSSR count). The van der Waals surface area contributed by atoms with Crippen molar-refractivity contribution in [2.45, 2.75) is 50.2 Å². The van der Waals surface area contributed by atoms with Crippen molar-refractivity contribution in [2.75, 3.05) is 25.0 Å². The first kappa shape index (κ1) is 33.2. The van der Waals surface area contributed by atoms with E-state index in [1.54, 1.807) is 24.3 Å². The van der Waals surface area contributed by atoms with Gasteiger partial charge in [-0.3, -0.25) is 4.57 Å². The second kappa shape index (κ2) is 13.3. The van der Waals surface area contributed by atoms with Gasteiger partial charge in [-0.1, -0.05) is 35.3 Å². The summed E-state index contributed by atoms with van der Waals surface area (Å²) in [6.07, 6.45) is -7.95. The van der Waals surface area contributed by atoms with Gasteiger partial charge >= 0.3 is 18.0 Å². The van der Waals surface area contributed by atoms with E-state index < -0.39 is 36.2 Å². The van der Waals surface area contributed by atoms with Crippen molar-refractivity contribution >= 4 is 35.2 Å². The summed E-state index contributed by atoms with van der Waals surface area (Å²) in [7, 11) is 0. The number of carbonyl (C=O) groups is 1. The normalized spacial score (nSPS) is 17.9. The van der Waals surface area contributed by atoms with Crippen LogP contribution in [-0.4, -0.2) is 92.9 Å². The first-order valence-corrected chi connectivity index (χ1v) is 14.8. The predicted octanol–water partition coefficient (Wildman–Crippen LogP) is 3.88. The molecule has 0 radical (unpaired) electrons. The molecular formula is C28H29Cl2F3N8O5. The van der Waals surface area contributed by atoms with Crippen molar-refractivity contribution in [1.82, 2.24) is 34.0 Å². The Morgan fingerprint density at radius 3 is 2.46 bits per heavy atom. The minimum absolute atomic E-state index is 0.0202. The van der Waals surface area contributed by atoms with Crippen molar-refractivity contribution in [3.05, 3.63) is 74.9 Å². The molecule has 1 amide bonds. The van der Waals surface area contributed by atoms with Crippen molar-refractivity contribution in [1.29, 1.82) is 0 Å². The van der Waals surface area contributed by atoms with Crippen LogP contribution in [0.3, 0.4) is 0 Å². The summed E-state index contributed by atoms with van der Waals surface area (Å²) in [6, 6.07) is 12.6. The lowest BCUT2D eigenvalue weighted by molar-refractivity contribution is -0.207. The molecule has 46 heavy (non-hydrogen) atoms. The largest absolute Gasteiger partial charge is 0.465 e. The van der Waals surface area contributed by atoms with Gasteiger partial charge in [0, 0.05) is 30.2 Å². The number of hydrogen-bond acceptors (Lipinski definition) is 8. The number of amides is 1. The molecule has 2 aromatic carbocycles. The van der Waals surface area contributed by atoms with Gasteiger partial charge in [-0.2, -0.15) is 22.8 Å². The monoisotopic (exact) mass is 684 g/mol. The Hall–Kier alpha value is -4.12. The minimum Gasteiger partial charge on any atom is -0.465 e. The minimum atomic E-state index is -4.98. The number of aromatic nitrogens is 6. The quantitative estimate of drug-likeness (QED) is 0.205. The highest BCUT2D eigenvalue weighted by molar-refractivity contribution is 6.32. The van der Waals surface area contributed by atoms with Crippen LogP contribution in [0.5, 0.6) is 0 Å². The van der Waals surface area contributed by atoms with Gasteiger partial charge in [-0.05, 0) is 55.7 Å². The number of anilines is 1. The van der Waals surface area contributed by atoms with E-state index in [0.717, 1.165) is 4.68 Å². The number of nitrogens with one attached hydrogen (secondary N) is 1. The zero-order valence-corrected chi connectivity index (χ0v) is 25.5. The molecule has 0 saturated carbocycles. The third-order valence-corrected chi connectivity index (χ3v) is 8.12. The number of likely N-dealkylation sites (tertiary alicyclic amines) is 1. The van der Waals surface area contributed by atoms with E-state index in [0.29, 0.717) is 33.1 Å². The van der Waals surface area contributed by atoms with Crippen LogP contribution in [0.2, 0.25) is 10.0 Å². The molecule has 0 aliphatic carbocycles. The lowest BCUT2D eigenvalue weighted by atomic mass is 9.95. The summed E-state index contributed by atoms with van der Waals surface area (Å²) in [5, 5.41) is 42.8. The maximum Gasteiger partial charge on any atom is 0.416 e. The molecular weight excluding hydrogens is 656 g/mol. The highest BCUT2D eigenvalue weighted by Crippen LogP contribution is 2.27. The maximum atomic E-state index is 13.4. The van der Waals surface area contributed by atoms with Crippen LogP contribution < -0.4 is 11.0 Å². The lowest BCUT2D eigenvalue weighted by Gasteiger charge is -2.27. The van der Waals surface area contributed by atoms with E-state index in [2.05, 4.69) is 20.5 Å². The Labute approximate surface area is 269 Å². The number of nitrogens with zero attached hydrogens (tertiary/aromatic N) is 7. The third kappa shape index (κ3) is 7.46. The van der Waals surface area contributed by atoms with E-state index in [9.17, 15) is 38.1 Å². The Morgan fingerprint density at radius 2 is 1.78 bits per heavy atom. The first-order chi connectivity index (χ1) is 21.7. The zero-order valence-electron chi connectivity index (χ0n) is 24.0. The molecule has 1 aliphatic heterocycles. The van der Waals surface area contributed by atoms with Crippen LogP contribution >= 0.6 is 23.2 Å². The maximum absolute atomic E-state index is 13.4. The van der Waals surface area contributed by atoms with Crippen LogP contribution in [0.15, 0.2) is 53.3 Å². The van der Waals surface area contributed by atoms with Crippen LogP contribution in [0, 0.1) is 0 Å². The Bertz CT molecular complexity index is 1760. The molecule has 0 spiro atoms. The fourth-order valence-electron chi connectivity index (χ4n) is 5.05. The second-order valence-electron chi connectivity index (χ2n) is 10.9. The zero-order chi connectivity index (χ0) is 33.2. The summed E-state index contributed by atoms with van der Waals surface area (Å²) < 4.78 is 42.7. The number of hydrogen-bond donors (Lipinski definition) is 4. The van der Waals surface area contributed by atoms with Gasteiger partial charge in [0.2, 0.25) is 5.95 Å². The van der Waals surface area contributed by atoms with E-state index in [1.807, 2.05) is 0 Å². The van der Waals surface area contributed by atoms with Gasteiger partial charge in [0.1, 0.15) is 6.54 Å². The molecule has 1 saturated heterocycles. The standard InChI is InChI=1S/C28H29Cl2F3N8O5/c29-18-8-6-17(7-9-18)23-37-40(25(43)39(23)14-21(42)28(31,32)33)15-22-35-24(41(36-22)20-5-2-1-4-19(20)30)34-16-27(46)10-3-12-38(13-11-27)26(44)45/h1-2,4-9,21,42,46H,3,10-16H2,(H,44,45)(H,34,35,36). The fourth-order valence-corrected chi connectivity index (χ4v) is 5.39. The molecule has 2 atom stereocenters. The second-order valence-corrected chi connectivity index (χ2v) is 11.7. The predicted molar refractivity (Wildman–Crippen MR) is 161 cm³/mol. The number of aliphatic hydroxyl groups is 2. The molecule has 4 N–H and O–H groups in total. The highest BCUT2D eigenvalue weighted by Gasteiger charge is 2.39. The molecule has 4 aromatic rings. The van der Waals surface area contributed by atoms with Gasteiger partial charge in [0.25, 0.3) is 0 Å². The van der Waals surface area contributed by atoms with Crippen molar-refractivity contribution in [3.8, 4) is 17.1 Å². The molecule has 13 nitrogen and oxygen atoms in total. The van der Waals surface area contributed by atoms with Crippen LogP contribution in [0.4, 0.5) is 23.9 Å². The van der Waals surface area contributed by atoms with Gasteiger partial charge in [0.15, 0.2) is 17.8 Å². The van der Waals surface area contributed by atoms with E-state index in [4.69, 9.17) is 23.2 Å². The summed E-state index contributed by atoms with van der Waals surface area (Å²) in [4.78, 5) is 30.5. The number of carboxylic acid groups (broad SMARTS) is 1. The Kier molecular flexibility index (Phi) is 9.62.